The number of nitrogens with one attached hydrogen (secondary N) is 1. The highest BCUT2D eigenvalue weighted by Crippen LogP contribution is 2.35. The minimum Gasteiger partial charge on any atom is -0.341 e. The fraction of sp³-hybridized carbons (Fsp3) is 0.560. The van der Waals surface area contributed by atoms with Gasteiger partial charge >= 0.3 is 0 Å². The van der Waals surface area contributed by atoms with E-state index in [4.69, 9.17) is 0 Å². The van der Waals surface area contributed by atoms with Gasteiger partial charge < -0.3 is 10.2 Å². The second kappa shape index (κ2) is 8.67. The molecule has 6 rings (SSSR count). The molecule has 2 aromatic rings. The summed E-state index contributed by atoms with van der Waals surface area (Å²) in [5.41, 5.74) is 3.35. The average Bonchev–Trinajstić information content (AvgIpc) is 2.80. The van der Waals surface area contributed by atoms with Crippen molar-refractivity contribution < 1.29 is 4.79 Å². The van der Waals surface area contributed by atoms with Gasteiger partial charge in [0.15, 0.2) is 0 Å². The Hall–Kier alpha value is -2.31. The molecule has 4 aliphatic heterocycles. The van der Waals surface area contributed by atoms with Gasteiger partial charge in [-0.05, 0) is 36.8 Å². The van der Waals surface area contributed by atoms with Crippen molar-refractivity contribution in [3.63, 3.8) is 0 Å². The molecule has 4 fully saturated rings. The molecule has 0 radical (unpaired) electrons. The van der Waals surface area contributed by atoms with Crippen molar-refractivity contribution in [2.45, 2.75) is 44.2 Å². The van der Waals surface area contributed by atoms with Gasteiger partial charge in [0.2, 0.25) is 5.91 Å². The van der Waals surface area contributed by atoms with Crippen molar-refractivity contribution in [2.75, 3.05) is 39.8 Å². The number of hydrogen-bond donors (Lipinski definition) is 1. The molecular formula is C25H33N5O. The minimum absolute atomic E-state index is 0.293. The van der Waals surface area contributed by atoms with Crippen molar-refractivity contribution in [1.29, 1.82) is 0 Å². The highest BCUT2D eigenvalue weighted by atomic mass is 16.2. The Kier molecular flexibility index (Phi) is 5.76. The van der Waals surface area contributed by atoms with Crippen LogP contribution < -0.4 is 5.32 Å². The van der Waals surface area contributed by atoms with E-state index in [9.17, 15) is 4.79 Å². The molecular weight excluding hydrogens is 386 g/mol. The third-order valence-corrected chi connectivity index (χ3v) is 7.36. The molecule has 4 saturated heterocycles. The van der Waals surface area contributed by atoms with Gasteiger partial charge in [0.25, 0.3) is 0 Å². The van der Waals surface area contributed by atoms with Gasteiger partial charge in [0.05, 0.1) is 12.1 Å². The number of piperazine rings is 1. The van der Waals surface area contributed by atoms with Crippen LogP contribution in [0.2, 0.25) is 0 Å². The molecule has 2 bridgehead atoms. The summed E-state index contributed by atoms with van der Waals surface area (Å²) in [5, 5.41) is 4.77. The van der Waals surface area contributed by atoms with Crippen molar-refractivity contribution in [3.8, 4) is 0 Å². The Labute approximate surface area is 184 Å². The first-order valence-electron chi connectivity index (χ1n) is 11.7. The molecule has 164 valence electrons. The van der Waals surface area contributed by atoms with Gasteiger partial charge in [0.1, 0.15) is 0 Å². The van der Waals surface area contributed by atoms with Crippen LogP contribution in [0.25, 0.3) is 10.9 Å². The van der Waals surface area contributed by atoms with Crippen LogP contribution in [0.1, 0.15) is 43.2 Å². The number of rotatable bonds is 4. The second-order valence-electron chi connectivity index (χ2n) is 9.63. The highest BCUT2D eigenvalue weighted by molar-refractivity contribution is 5.99. The number of pyridine rings is 1. The van der Waals surface area contributed by atoms with Gasteiger partial charge in [-0.1, -0.05) is 25.1 Å². The lowest BCUT2D eigenvalue weighted by atomic mass is 9.83. The first-order valence-corrected chi connectivity index (χ1v) is 11.7. The summed E-state index contributed by atoms with van der Waals surface area (Å²) < 4.78 is 0. The van der Waals surface area contributed by atoms with E-state index in [2.05, 4.69) is 50.2 Å². The lowest BCUT2D eigenvalue weighted by Gasteiger charge is -2.46. The Balaban J connectivity index is 1.36. The van der Waals surface area contributed by atoms with Crippen LogP contribution >= 0.6 is 0 Å². The number of hydrogen-bond acceptors (Lipinski definition) is 5. The van der Waals surface area contributed by atoms with Crippen molar-refractivity contribution in [1.82, 2.24) is 20.1 Å². The predicted octanol–water partition coefficient (Wildman–Crippen LogP) is 2.67. The third-order valence-electron chi connectivity index (χ3n) is 7.36. The second-order valence-corrected chi connectivity index (χ2v) is 9.63. The van der Waals surface area contributed by atoms with E-state index in [1.165, 1.54) is 23.8 Å². The summed E-state index contributed by atoms with van der Waals surface area (Å²) in [6.07, 6.45) is 7.29. The summed E-state index contributed by atoms with van der Waals surface area (Å²) in [4.78, 5) is 26.7. The molecule has 5 heterocycles. The molecule has 6 heteroatoms. The number of aliphatic imine (C=N–C) groups is 1. The maximum Gasteiger partial charge on any atom is 0.236 e. The van der Waals surface area contributed by atoms with Crippen LogP contribution in [0.4, 0.5) is 0 Å². The van der Waals surface area contributed by atoms with Crippen LogP contribution in [0, 0.1) is 5.92 Å². The smallest absolute Gasteiger partial charge is 0.236 e. The topological polar surface area (TPSA) is 60.8 Å². The Morgan fingerprint density at radius 3 is 2.90 bits per heavy atom. The molecule has 1 aromatic carbocycles. The molecule has 4 atom stereocenters. The number of aromatic nitrogens is 1. The number of fused-ring (bicyclic) bond motifs is 4. The average molecular weight is 420 g/mol. The van der Waals surface area contributed by atoms with Gasteiger partial charge in [0, 0.05) is 74.6 Å². The van der Waals surface area contributed by atoms with Gasteiger partial charge in [-0.2, -0.15) is 0 Å². The molecule has 0 saturated carbocycles. The number of piperidine rings is 3. The number of benzene rings is 1. The number of amides is 1. The van der Waals surface area contributed by atoms with Crippen LogP contribution in [0.5, 0.6) is 0 Å². The lowest BCUT2D eigenvalue weighted by Crippen LogP contribution is -2.62. The van der Waals surface area contributed by atoms with Crippen molar-refractivity contribution in [3.05, 3.63) is 41.6 Å². The first-order chi connectivity index (χ1) is 15.1. The summed E-state index contributed by atoms with van der Waals surface area (Å²) in [7, 11) is 1.79. The molecule has 1 aromatic heterocycles. The van der Waals surface area contributed by atoms with E-state index < -0.39 is 0 Å². The van der Waals surface area contributed by atoms with E-state index in [-0.39, 0.29) is 0 Å². The van der Waals surface area contributed by atoms with Crippen LogP contribution in [0.3, 0.4) is 0 Å². The Morgan fingerprint density at radius 1 is 1.26 bits per heavy atom. The number of nitrogens with zero attached hydrogens (tertiary/aromatic N) is 4. The van der Waals surface area contributed by atoms with E-state index in [1.807, 2.05) is 18.5 Å². The highest BCUT2D eigenvalue weighted by Gasteiger charge is 2.36. The van der Waals surface area contributed by atoms with E-state index in [1.54, 1.807) is 7.05 Å². The fourth-order valence-corrected chi connectivity index (χ4v) is 5.86. The SMILES string of the molecule is C/N=C/c1ccc([C@H]2C[C@@H](C)CN(C(=O)CN3CC4CCC3CN4)C2)c2cccnc12. The monoisotopic (exact) mass is 419 g/mol. The largest absolute Gasteiger partial charge is 0.341 e. The van der Waals surface area contributed by atoms with Crippen molar-refractivity contribution in [2.24, 2.45) is 10.9 Å². The lowest BCUT2D eigenvalue weighted by molar-refractivity contribution is -0.136. The number of carbonyl (C=O) groups excluding carboxylic acids is 1. The molecule has 0 aliphatic carbocycles. The van der Waals surface area contributed by atoms with Crippen molar-refractivity contribution >= 4 is 23.0 Å². The zero-order valence-corrected chi connectivity index (χ0v) is 18.6. The zero-order chi connectivity index (χ0) is 21.4. The number of likely N-dealkylation sites (tertiary alicyclic amines) is 1. The summed E-state index contributed by atoms with van der Waals surface area (Å²) in [6, 6.07) is 9.60. The standard InChI is InChI=1S/C25H33N5O/c1-17-10-19(22-8-5-18(11-26-2)25-23(22)4-3-9-27-25)14-30(13-17)24(31)16-29-15-20-6-7-21(29)12-28-20/h3-5,8-9,11,17,19-21,28H,6-7,10,12-16H2,1-2H3/b26-11+/t17-,19+,20?,21?/m1/s1. The molecule has 1 amide bonds. The van der Waals surface area contributed by atoms with Crippen LogP contribution in [-0.2, 0) is 4.79 Å². The molecule has 0 spiro atoms. The van der Waals surface area contributed by atoms with E-state index in [0.717, 1.165) is 43.7 Å². The van der Waals surface area contributed by atoms with E-state index >= 15 is 0 Å². The van der Waals surface area contributed by atoms with Gasteiger partial charge in [-0.3, -0.25) is 19.7 Å². The zero-order valence-electron chi connectivity index (χ0n) is 18.6. The summed E-state index contributed by atoms with van der Waals surface area (Å²) >= 11 is 0. The van der Waals surface area contributed by atoms with Gasteiger partial charge in [-0.15, -0.1) is 0 Å². The molecule has 1 N–H and O–H groups in total. The Bertz CT molecular complexity index is 981. The molecule has 2 unspecified atom stereocenters. The fourth-order valence-electron chi connectivity index (χ4n) is 5.86. The summed E-state index contributed by atoms with van der Waals surface area (Å²) in [6.45, 7) is 6.55. The predicted molar refractivity (Wildman–Crippen MR) is 125 cm³/mol. The maximum atomic E-state index is 13.3. The van der Waals surface area contributed by atoms with E-state index in [0.29, 0.717) is 36.4 Å². The van der Waals surface area contributed by atoms with Crippen LogP contribution in [0.15, 0.2) is 35.5 Å². The normalized spacial score (nSPS) is 29.2. The third kappa shape index (κ3) is 4.11. The molecule has 4 aliphatic rings. The number of carbonyl (C=O) groups is 1. The molecule has 31 heavy (non-hydrogen) atoms. The molecule has 6 nitrogen and oxygen atoms in total. The van der Waals surface area contributed by atoms with Gasteiger partial charge in [-0.25, -0.2) is 0 Å². The first kappa shape index (κ1) is 20.6. The quantitative estimate of drug-likeness (QED) is 0.774. The minimum atomic E-state index is 0.293. The Morgan fingerprint density at radius 2 is 2.16 bits per heavy atom. The van der Waals surface area contributed by atoms with Crippen LogP contribution in [-0.4, -0.2) is 78.8 Å². The maximum absolute atomic E-state index is 13.3. The summed E-state index contributed by atoms with van der Waals surface area (Å²) in [5.74, 6) is 1.12.